The Hall–Kier alpha value is -2.67. The second-order valence-corrected chi connectivity index (χ2v) is 11.1. The van der Waals surface area contributed by atoms with Gasteiger partial charge in [0.25, 0.3) is 0 Å². The molecule has 0 heterocycles. The summed E-state index contributed by atoms with van der Waals surface area (Å²) in [7, 11) is -3.94. The van der Waals surface area contributed by atoms with Crippen LogP contribution in [0.3, 0.4) is 0 Å². The quantitative estimate of drug-likeness (QED) is 0.570. The molecule has 0 saturated heterocycles. The van der Waals surface area contributed by atoms with Gasteiger partial charge in [-0.3, -0.25) is 9.59 Å². The van der Waals surface area contributed by atoms with E-state index in [1.165, 1.54) is 13.8 Å². The molecule has 1 atom stereocenters. The van der Waals surface area contributed by atoms with E-state index in [9.17, 15) is 18.0 Å². The Bertz CT molecular complexity index is 999. The Labute approximate surface area is 183 Å². The van der Waals surface area contributed by atoms with Crippen LogP contribution in [0.2, 0.25) is 0 Å². The average molecular weight is 444 g/mol. The van der Waals surface area contributed by atoms with Crippen molar-refractivity contribution in [2.24, 2.45) is 5.92 Å². The van der Waals surface area contributed by atoms with E-state index in [1.807, 2.05) is 60.7 Å². The van der Waals surface area contributed by atoms with Gasteiger partial charge in [0.15, 0.2) is 9.84 Å². The topological polar surface area (TPSA) is 89.5 Å². The van der Waals surface area contributed by atoms with Crippen LogP contribution in [-0.4, -0.2) is 36.8 Å². The minimum Gasteiger partial charge on any atom is -0.461 e. The molecule has 0 bridgehead atoms. The molecule has 0 radical (unpaired) electrons. The number of sulfone groups is 1. The molecule has 166 valence electrons. The summed E-state index contributed by atoms with van der Waals surface area (Å²) in [6.45, 7) is 2.86. The van der Waals surface area contributed by atoms with Crippen LogP contribution in [0, 0.1) is 5.92 Å². The van der Waals surface area contributed by atoms with E-state index in [0.29, 0.717) is 0 Å². The molecule has 1 amide bonds. The Morgan fingerprint density at radius 1 is 1.00 bits per heavy atom. The smallest absolute Gasteiger partial charge is 0.310 e. The second kappa shape index (κ2) is 9.64. The van der Waals surface area contributed by atoms with Gasteiger partial charge in [-0.15, -0.1) is 0 Å². The summed E-state index contributed by atoms with van der Waals surface area (Å²) in [6, 6.07) is 18.5. The predicted molar refractivity (Wildman–Crippen MR) is 119 cm³/mol. The number of hydrogen-bond acceptors (Lipinski definition) is 5. The monoisotopic (exact) mass is 443 g/mol. The number of amides is 1. The molecule has 0 aliphatic heterocycles. The van der Waals surface area contributed by atoms with Crippen molar-refractivity contribution in [2.75, 3.05) is 5.75 Å². The van der Waals surface area contributed by atoms with Crippen LogP contribution in [0.15, 0.2) is 60.7 Å². The van der Waals surface area contributed by atoms with Gasteiger partial charge in [-0.05, 0) is 44.2 Å². The molecule has 1 aliphatic carbocycles. The third-order valence-corrected chi connectivity index (χ3v) is 8.12. The fourth-order valence-electron chi connectivity index (χ4n) is 3.16. The van der Waals surface area contributed by atoms with Gasteiger partial charge in [0.2, 0.25) is 5.91 Å². The maximum absolute atomic E-state index is 13.2. The molecule has 1 aliphatic rings. The van der Waals surface area contributed by atoms with Gasteiger partial charge >= 0.3 is 5.97 Å². The molecule has 0 spiro atoms. The Kier molecular flexibility index (Phi) is 7.15. The van der Waals surface area contributed by atoms with Crippen LogP contribution >= 0.6 is 0 Å². The van der Waals surface area contributed by atoms with E-state index in [1.54, 1.807) is 0 Å². The van der Waals surface area contributed by atoms with Crippen molar-refractivity contribution in [3.05, 3.63) is 71.8 Å². The highest BCUT2D eigenvalue weighted by atomic mass is 32.2. The van der Waals surface area contributed by atoms with Crippen molar-refractivity contribution in [3.63, 3.8) is 0 Å². The van der Waals surface area contributed by atoms with Crippen molar-refractivity contribution in [2.45, 2.75) is 50.5 Å². The molecule has 3 rings (SSSR count). The molecule has 2 aromatic carbocycles. The van der Waals surface area contributed by atoms with Crippen LogP contribution in [0.5, 0.6) is 0 Å². The largest absolute Gasteiger partial charge is 0.461 e. The number of rotatable bonds is 10. The highest BCUT2D eigenvalue weighted by molar-refractivity contribution is 7.93. The second-order valence-electron chi connectivity index (χ2n) is 8.52. The van der Waals surface area contributed by atoms with Crippen LogP contribution in [0.25, 0.3) is 0 Å². The molecular weight excluding hydrogens is 414 g/mol. The van der Waals surface area contributed by atoms with Gasteiger partial charge in [0.05, 0.1) is 11.7 Å². The van der Waals surface area contributed by atoms with Gasteiger partial charge in [0.1, 0.15) is 11.4 Å². The standard InChI is InChI=1S/C24H29NO5S/c1-24(2,23(27)25-21-13-14-21)31(28,29)17-20(15-18-9-5-3-6-10-18)22(26)30-16-19-11-7-4-8-12-19/h3-12,20-21H,13-17H2,1-2H3,(H,25,27). The lowest BCUT2D eigenvalue weighted by atomic mass is 10.0. The average Bonchev–Trinajstić information content (AvgIpc) is 3.56. The number of carbonyl (C=O) groups is 2. The van der Waals surface area contributed by atoms with Crippen LogP contribution < -0.4 is 5.32 Å². The first-order valence-electron chi connectivity index (χ1n) is 10.5. The first-order valence-corrected chi connectivity index (χ1v) is 12.1. The van der Waals surface area contributed by atoms with E-state index < -0.39 is 38.1 Å². The molecule has 2 aromatic rings. The minimum absolute atomic E-state index is 0.0536. The number of carbonyl (C=O) groups excluding carboxylic acids is 2. The van der Waals surface area contributed by atoms with Crippen molar-refractivity contribution in [1.29, 1.82) is 0 Å². The van der Waals surface area contributed by atoms with E-state index in [-0.39, 0.29) is 19.1 Å². The molecule has 1 N–H and O–H groups in total. The van der Waals surface area contributed by atoms with Gasteiger partial charge in [0, 0.05) is 6.04 Å². The van der Waals surface area contributed by atoms with Crippen molar-refractivity contribution in [1.82, 2.24) is 5.32 Å². The van der Waals surface area contributed by atoms with Crippen molar-refractivity contribution in [3.8, 4) is 0 Å². The van der Waals surface area contributed by atoms with Crippen LogP contribution in [-0.2, 0) is 37.2 Å². The lowest BCUT2D eigenvalue weighted by Crippen LogP contribution is -2.51. The molecule has 1 saturated carbocycles. The lowest BCUT2D eigenvalue weighted by molar-refractivity contribution is -0.149. The summed E-state index contributed by atoms with van der Waals surface area (Å²) in [6.07, 6.45) is 1.95. The van der Waals surface area contributed by atoms with Crippen LogP contribution in [0.1, 0.15) is 37.8 Å². The molecular formula is C24H29NO5S. The zero-order valence-corrected chi connectivity index (χ0v) is 18.7. The van der Waals surface area contributed by atoms with Crippen LogP contribution in [0.4, 0.5) is 0 Å². The van der Waals surface area contributed by atoms with E-state index in [0.717, 1.165) is 24.0 Å². The number of benzene rings is 2. The highest BCUT2D eigenvalue weighted by Gasteiger charge is 2.45. The summed E-state index contributed by atoms with van der Waals surface area (Å²) in [5, 5.41) is 2.76. The maximum atomic E-state index is 13.2. The third kappa shape index (κ3) is 6.17. The van der Waals surface area contributed by atoms with Gasteiger partial charge in [-0.25, -0.2) is 8.42 Å². The zero-order chi connectivity index (χ0) is 22.5. The number of hydrogen-bond donors (Lipinski definition) is 1. The molecule has 1 fully saturated rings. The number of nitrogens with one attached hydrogen (secondary N) is 1. The van der Waals surface area contributed by atoms with E-state index >= 15 is 0 Å². The SMILES string of the molecule is CC(C)(C(=O)NC1CC1)S(=O)(=O)CC(Cc1ccccc1)C(=O)OCc1ccccc1. The lowest BCUT2D eigenvalue weighted by Gasteiger charge is -2.26. The fourth-order valence-corrected chi connectivity index (χ4v) is 4.70. The fraction of sp³-hybridized carbons (Fsp3) is 0.417. The molecule has 0 aromatic heterocycles. The van der Waals surface area contributed by atoms with Crippen molar-refractivity contribution < 1.29 is 22.7 Å². The number of ether oxygens (including phenoxy) is 1. The minimum atomic E-state index is -3.94. The van der Waals surface area contributed by atoms with Gasteiger partial charge < -0.3 is 10.1 Å². The summed E-state index contributed by atoms with van der Waals surface area (Å²) in [5.74, 6) is -2.48. The molecule has 31 heavy (non-hydrogen) atoms. The number of esters is 1. The van der Waals surface area contributed by atoms with Crippen molar-refractivity contribution >= 4 is 21.7 Å². The first kappa shape index (κ1) is 23.0. The third-order valence-electron chi connectivity index (χ3n) is 5.54. The Balaban J connectivity index is 1.76. The molecule has 7 heteroatoms. The van der Waals surface area contributed by atoms with E-state index in [2.05, 4.69) is 5.32 Å². The maximum Gasteiger partial charge on any atom is 0.310 e. The summed E-state index contributed by atoms with van der Waals surface area (Å²) >= 11 is 0. The van der Waals surface area contributed by atoms with E-state index in [4.69, 9.17) is 4.74 Å². The normalized spacial score (nSPS) is 15.2. The van der Waals surface area contributed by atoms with Gasteiger partial charge in [-0.2, -0.15) is 0 Å². The Morgan fingerprint density at radius 2 is 1.55 bits per heavy atom. The summed E-state index contributed by atoms with van der Waals surface area (Å²) in [5.41, 5.74) is 1.65. The Morgan fingerprint density at radius 3 is 2.10 bits per heavy atom. The van der Waals surface area contributed by atoms with Gasteiger partial charge in [-0.1, -0.05) is 60.7 Å². The predicted octanol–water partition coefficient (Wildman–Crippen LogP) is 3.06. The summed E-state index contributed by atoms with van der Waals surface area (Å²) < 4.78 is 30.2. The summed E-state index contributed by atoms with van der Waals surface area (Å²) in [4.78, 5) is 25.5. The highest BCUT2D eigenvalue weighted by Crippen LogP contribution is 2.26. The first-order chi connectivity index (χ1) is 14.7. The molecule has 6 nitrogen and oxygen atoms in total. The zero-order valence-electron chi connectivity index (χ0n) is 17.9. The molecule has 1 unspecified atom stereocenters.